The summed E-state index contributed by atoms with van der Waals surface area (Å²) < 4.78 is 3.05. The van der Waals surface area contributed by atoms with Crippen LogP contribution in [-0.2, 0) is 13.6 Å². The fourth-order valence-corrected chi connectivity index (χ4v) is 2.55. The van der Waals surface area contributed by atoms with E-state index in [4.69, 9.17) is 0 Å². The summed E-state index contributed by atoms with van der Waals surface area (Å²) in [6.07, 6.45) is 1.93. The smallest absolute Gasteiger partial charge is 0.0537 e. The number of nitrogens with zero attached hydrogens (tertiary/aromatic N) is 2. The summed E-state index contributed by atoms with van der Waals surface area (Å²) in [5.41, 5.74) is 3.73. The van der Waals surface area contributed by atoms with E-state index in [2.05, 4.69) is 58.4 Å². The van der Waals surface area contributed by atoms with Gasteiger partial charge in [0, 0.05) is 35.4 Å². The predicted molar refractivity (Wildman–Crippen MR) is 77.3 cm³/mol. The number of aromatic nitrogens is 2. The van der Waals surface area contributed by atoms with Gasteiger partial charge in [0.15, 0.2) is 0 Å². The van der Waals surface area contributed by atoms with Crippen molar-refractivity contribution < 1.29 is 0 Å². The van der Waals surface area contributed by atoms with Crippen molar-refractivity contribution >= 4 is 15.9 Å². The van der Waals surface area contributed by atoms with Crippen molar-refractivity contribution in [3.05, 3.63) is 51.8 Å². The Morgan fingerprint density at radius 2 is 2.11 bits per heavy atom. The van der Waals surface area contributed by atoms with Crippen LogP contribution in [0.2, 0.25) is 0 Å². The summed E-state index contributed by atoms with van der Waals surface area (Å²) >= 11 is 3.59. The molecule has 0 aliphatic carbocycles. The average molecular weight is 308 g/mol. The molecule has 0 aliphatic rings. The molecule has 1 aromatic heterocycles. The number of hydrogen-bond donors (Lipinski definition) is 1. The number of rotatable bonds is 4. The van der Waals surface area contributed by atoms with E-state index < -0.39 is 0 Å². The number of aryl methyl sites for hydroxylation is 1. The lowest BCUT2D eigenvalue weighted by Crippen LogP contribution is -2.18. The zero-order chi connectivity index (χ0) is 13.1. The molecule has 0 saturated carbocycles. The molecule has 0 saturated heterocycles. The third-order valence-electron chi connectivity index (χ3n) is 3.31. The van der Waals surface area contributed by atoms with Crippen molar-refractivity contribution in [2.45, 2.75) is 26.4 Å². The first-order chi connectivity index (χ1) is 8.59. The number of hydrogen-bond acceptors (Lipinski definition) is 2. The monoisotopic (exact) mass is 307 g/mol. The minimum absolute atomic E-state index is 0.306. The van der Waals surface area contributed by atoms with E-state index in [1.165, 1.54) is 16.8 Å². The van der Waals surface area contributed by atoms with E-state index in [1.807, 2.05) is 24.0 Å². The molecule has 0 aliphatic heterocycles. The Hall–Kier alpha value is -1.13. The van der Waals surface area contributed by atoms with E-state index >= 15 is 0 Å². The second-order valence-electron chi connectivity index (χ2n) is 4.50. The minimum atomic E-state index is 0.306. The van der Waals surface area contributed by atoms with Gasteiger partial charge >= 0.3 is 0 Å². The molecule has 1 atom stereocenters. The van der Waals surface area contributed by atoms with E-state index in [1.54, 1.807) is 0 Å². The van der Waals surface area contributed by atoms with Crippen LogP contribution in [0.4, 0.5) is 0 Å². The van der Waals surface area contributed by atoms with Crippen molar-refractivity contribution in [1.29, 1.82) is 0 Å². The molecular weight excluding hydrogens is 290 g/mol. The Balaban J connectivity index is 2.03. The molecule has 3 nitrogen and oxygen atoms in total. The molecular formula is C14H18BrN3. The zero-order valence-electron chi connectivity index (χ0n) is 10.9. The molecule has 18 heavy (non-hydrogen) atoms. The summed E-state index contributed by atoms with van der Waals surface area (Å²) in [6, 6.07) is 8.61. The van der Waals surface area contributed by atoms with Crippen LogP contribution in [0.5, 0.6) is 0 Å². The third-order valence-corrected chi connectivity index (χ3v) is 4.03. The van der Waals surface area contributed by atoms with Crippen molar-refractivity contribution in [3.8, 4) is 0 Å². The molecule has 2 rings (SSSR count). The van der Waals surface area contributed by atoms with Crippen molar-refractivity contribution in [1.82, 2.24) is 15.1 Å². The highest BCUT2D eigenvalue weighted by Gasteiger charge is 2.09. The predicted octanol–water partition coefficient (Wildman–Crippen LogP) is 3.34. The molecule has 1 N–H and O–H groups in total. The maximum absolute atomic E-state index is 4.25. The van der Waals surface area contributed by atoms with Crippen molar-refractivity contribution in [2.24, 2.45) is 7.05 Å². The summed E-state index contributed by atoms with van der Waals surface area (Å²) in [6.45, 7) is 5.10. The van der Waals surface area contributed by atoms with Gasteiger partial charge in [-0.1, -0.05) is 34.1 Å². The lowest BCUT2D eigenvalue weighted by molar-refractivity contribution is 0.570. The van der Waals surface area contributed by atoms with Gasteiger partial charge in [0.05, 0.1) is 6.20 Å². The van der Waals surface area contributed by atoms with E-state index in [9.17, 15) is 0 Å². The van der Waals surface area contributed by atoms with Crippen LogP contribution in [0.15, 0.2) is 34.9 Å². The molecule has 0 fully saturated rings. The molecule has 4 heteroatoms. The lowest BCUT2D eigenvalue weighted by Gasteiger charge is -2.15. The summed E-state index contributed by atoms with van der Waals surface area (Å²) in [7, 11) is 1.97. The maximum atomic E-state index is 4.25. The van der Waals surface area contributed by atoms with Gasteiger partial charge in [-0.05, 0) is 25.5 Å². The molecule has 0 radical (unpaired) electrons. The first-order valence-corrected chi connectivity index (χ1v) is 6.84. The normalized spacial score (nSPS) is 12.7. The van der Waals surface area contributed by atoms with Crippen molar-refractivity contribution in [2.75, 3.05) is 0 Å². The van der Waals surface area contributed by atoms with E-state index in [-0.39, 0.29) is 0 Å². The highest BCUT2D eigenvalue weighted by Crippen LogP contribution is 2.23. The van der Waals surface area contributed by atoms with Gasteiger partial charge in [-0.25, -0.2) is 0 Å². The number of benzene rings is 1. The van der Waals surface area contributed by atoms with Crippen LogP contribution in [0.3, 0.4) is 0 Å². The first-order valence-electron chi connectivity index (χ1n) is 6.05. The summed E-state index contributed by atoms with van der Waals surface area (Å²) in [4.78, 5) is 0. The topological polar surface area (TPSA) is 29.9 Å². The van der Waals surface area contributed by atoms with Crippen molar-refractivity contribution in [3.63, 3.8) is 0 Å². The second-order valence-corrected chi connectivity index (χ2v) is 5.36. The average Bonchev–Trinajstić information content (AvgIpc) is 2.68. The van der Waals surface area contributed by atoms with Gasteiger partial charge in [0.25, 0.3) is 0 Å². The molecule has 2 aromatic rings. The van der Waals surface area contributed by atoms with Gasteiger partial charge < -0.3 is 5.32 Å². The minimum Gasteiger partial charge on any atom is -0.306 e. The second kappa shape index (κ2) is 5.67. The highest BCUT2D eigenvalue weighted by atomic mass is 79.9. The summed E-state index contributed by atoms with van der Waals surface area (Å²) in [5.74, 6) is 0. The van der Waals surface area contributed by atoms with Gasteiger partial charge in [0.2, 0.25) is 0 Å². The van der Waals surface area contributed by atoms with Gasteiger partial charge in [-0.15, -0.1) is 0 Å². The molecule has 96 valence electrons. The van der Waals surface area contributed by atoms with Crippen LogP contribution < -0.4 is 5.32 Å². The lowest BCUT2D eigenvalue weighted by atomic mass is 10.1. The zero-order valence-corrected chi connectivity index (χ0v) is 12.5. The van der Waals surface area contributed by atoms with Crippen LogP contribution in [0, 0.1) is 6.92 Å². The molecule has 1 aromatic carbocycles. The van der Waals surface area contributed by atoms with Gasteiger partial charge in [0.1, 0.15) is 0 Å². The van der Waals surface area contributed by atoms with Crippen LogP contribution in [-0.4, -0.2) is 9.78 Å². The SMILES string of the molecule is Cc1c(CNC(C)c2ccccc2Br)cnn1C. The van der Waals surface area contributed by atoms with Crippen LogP contribution in [0.25, 0.3) is 0 Å². The molecule has 1 heterocycles. The molecule has 0 amide bonds. The Kier molecular flexibility index (Phi) is 4.19. The number of halogens is 1. The fraction of sp³-hybridized carbons (Fsp3) is 0.357. The molecule has 1 unspecified atom stereocenters. The maximum Gasteiger partial charge on any atom is 0.0537 e. The Morgan fingerprint density at radius 1 is 1.39 bits per heavy atom. The summed E-state index contributed by atoms with van der Waals surface area (Å²) in [5, 5.41) is 7.78. The van der Waals surface area contributed by atoms with E-state index in [0.717, 1.165) is 11.0 Å². The Bertz CT molecular complexity index is 534. The standard InChI is InChI=1S/C14H18BrN3/c1-10(13-6-4-5-7-14(13)15)16-8-12-9-17-18(3)11(12)2/h4-7,9-10,16H,8H2,1-3H3. The molecule has 0 spiro atoms. The Labute approximate surface area is 116 Å². The highest BCUT2D eigenvalue weighted by molar-refractivity contribution is 9.10. The first kappa shape index (κ1) is 13.3. The van der Waals surface area contributed by atoms with E-state index in [0.29, 0.717) is 6.04 Å². The van der Waals surface area contributed by atoms with Crippen LogP contribution in [0.1, 0.15) is 29.8 Å². The number of nitrogens with one attached hydrogen (secondary N) is 1. The van der Waals surface area contributed by atoms with Gasteiger partial charge in [-0.3, -0.25) is 4.68 Å². The van der Waals surface area contributed by atoms with Gasteiger partial charge in [-0.2, -0.15) is 5.10 Å². The fourth-order valence-electron chi connectivity index (χ4n) is 1.92. The Morgan fingerprint density at radius 3 is 2.72 bits per heavy atom. The molecule has 0 bridgehead atoms. The van der Waals surface area contributed by atoms with Crippen LogP contribution >= 0.6 is 15.9 Å². The third kappa shape index (κ3) is 2.82. The quantitative estimate of drug-likeness (QED) is 0.939. The largest absolute Gasteiger partial charge is 0.306 e.